The number of ether oxygens (including phenoxy) is 3. The summed E-state index contributed by atoms with van der Waals surface area (Å²) in [6.07, 6.45) is -1.45. The summed E-state index contributed by atoms with van der Waals surface area (Å²) in [6.45, 7) is 0. The van der Waals surface area contributed by atoms with Crippen molar-refractivity contribution in [3.63, 3.8) is 0 Å². The van der Waals surface area contributed by atoms with Crippen LogP contribution in [0.1, 0.15) is 11.7 Å². The molecule has 1 unspecified atom stereocenters. The molecular formula is C11H13ClO5. The van der Waals surface area contributed by atoms with Crippen LogP contribution in [0.4, 0.5) is 0 Å². The highest BCUT2D eigenvalue weighted by Crippen LogP contribution is 2.36. The molecule has 1 atom stereocenters. The summed E-state index contributed by atoms with van der Waals surface area (Å²) < 4.78 is 14.5. The normalized spacial score (nSPS) is 11.8. The summed E-state index contributed by atoms with van der Waals surface area (Å²) in [4.78, 5) is 11.2. The predicted octanol–water partition coefficient (Wildman–Crippen LogP) is 1.56. The molecule has 0 radical (unpaired) electrons. The van der Waals surface area contributed by atoms with Gasteiger partial charge in [-0.1, -0.05) is 11.6 Å². The first kappa shape index (κ1) is 13.6. The van der Waals surface area contributed by atoms with Gasteiger partial charge in [-0.05, 0) is 6.07 Å². The zero-order valence-electron chi connectivity index (χ0n) is 9.69. The standard InChI is InChI=1S/C11H13ClO5/c1-15-8-4-6(10(13)11(14)17-3)7(12)5-9(8)16-2/h4-5,10,13H,1-3H3. The molecule has 17 heavy (non-hydrogen) atoms. The minimum atomic E-state index is -1.45. The van der Waals surface area contributed by atoms with Gasteiger partial charge in [-0.15, -0.1) is 0 Å². The number of rotatable bonds is 4. The molecule has 6 heteroatoms. The summed E-state index contributed by atoms with van der Waals surface area (Å²) >= 11 is 5.93. The molecule has 0 aliphatic carbocycles. The zero-order valence-corrected chi connectivity index (χ0v) is 10.4. The molecule has 1 aromatic rings. The van der Waals surface area contributed by atoms with Crippen molar-refractivity contribution in [1.82, 2.24) is 0 Å². The number of aliphatic hydroxyl groups excluding tert-OH is 1. The van der Waals surface area contributed by atoms with Crippen LogP contribution in [0.5, 0.6) is 11.5 Å². The van der Waals surface area contributed by atoms with E-state index in [2.05, 4.69) is 4.74 Å². The van der Waals surface area contributed by atoms with Crippen LogP contribution in [0.3, 0.4) is 0 Å². The average Bonchev–Trinajstić information content (AvgIpc) is 2.36. The van der Waals surface area contributed by atoms with Crippen LogP contribution in [0, 0.1) is 0 Å². The number of carbonyl (C=O) groups excluding carboxylic acids is 1. The maximum Gasteiger partial charge on any atom is 0.339 e. The van der Waals surface area contributed by atoms with Crippen LogP contribution in [0.2, 0.25) is 5.02 Å². The van der Waals surface area contributed by atoms with Crippen LogP contribution >= 0.6 is 11.6 Å². The summed E-state index contributed by atoms with van der Waals surface area (Å²) in [5, 5.41) is 9.89. The summed E-state index contributed by atoms with van der Waals surface area (Å²) in [5.41, 5.74) is 0.205. The van der Waals surface area contributed by atoms with Crippen molar-refractivity contribution >= 4 is 17.6 Å². The van der Waals surface area contributed by atoms with E-state index in [4.69, 9.17) is 21.1 Å². The molecular weight excluding hydrogens is 248 g/mol. The Morgan fingerprint density at radius 2 is 1.76 bits per heavy atom. The van der Waals surface area contributed by atoms with Gasteiger partial charge in [-0.2, -0.15) is 0 Å². The molecule has 0 saturated carbocycles. The molecule has 94 valence electrons. The first-order chi connectivity index (χ1) is 8.04. The highest BCUT2D eigenvalue weighted by Gasteiger charge is 2.23. The number of halogens is 1. The first-order valence-electron chi connectivity index (χ1n) is 4.72. The van der Waals surface area contributed by atoms with Gasteiger partial charge in [-0.3, -0.25) is 0 Å². The second-order valence-corrected chi connectivity index (χ2v) is 3.56. The zero-order chi connectivity index (χ0) is 13.0. The van der Waals surface area contributed by atoms with Crippen molar-refractivity contribution in [2.24, 2.45) is 0 Å². The SMILES string of the molecule is COC(=O)C(O)c1cc(OC)c(OC)cc1Cl. The van der Waals surface area contributed by atoms with E-state index in [9.17, 15) is 9.90 Å². The number of carbonyl (C=O) groups is 1. The van der Waals surface area contributed by atoms with Crippen molar-refractivity contribution < 1.29 is 24.1 Å². The van der Waals surface area contributed by atoms with E-state index in [1.807, 2.05) is 0 Å². The first-order valence-corrected chi connectivity index (χ1v) is 5.10. The molecule has 0 amide bonds. The number of aliphatic hydroxyl groups is 1. The van der Waals surface area contributed by atoms with E-state index in [0.717, 1.165) is 0 Å². The fourth-order valence-electron chi connectivity index (χ4n) is 1.32. The molecule has 0 fully saturated rings. The second-order valence-electron chi connectivity index (χ2n) is 3.15. The largest absolute Gasteiger partial charge is 0.493 e. The lowest BCUT2D eigenvalue weighted by molar-refractivity contribution is -0.150. The van der Waals surface area contributed by atoms with Crippen LogP contribution in [-0.4, -0.2) is 32.4 Å². The Morgan fingerprint density at radius 3 is 2.24 bits per heavy atom. The molecule has 0 aromatic heterocycles. The van der Waals surface area contributed by atoms with Gasteiger partial charge in [0.25, 0.3) is 0 Å². The molecule has 1 aromatic carbocycles. The van der Waals surface area contributed by atoms with Crippen molar-refractivity contribution in [2.45, 2.75) is 6.10 Å². The number of hydrogen-bond acceptors (Lipinski definition) is 5. The minimum Gasteiger partial charge on any atom is -0.493 e. The third-order valence-corrected chi connectivity index (χ3v) is 2.55. The van der Waals surface area contributed by atoms with Crippen molar-refractivity contribution in [1.29, 1.82) is 0 Å². The van der Waals surface area contributed by atoms with E-state index in [0.29, 0.717) is 11.5 Å². The van der Waals surface area contributed by atoms with E-state index in [1.165, 1.54) is 33.5 Å². The molecule has 0 spiro atoms. The Hall–Kier alpha value is -1.46. The minimum absolute atomic E-state index is 0.195. The number of hydrogen-bond donors (Lipinski definition) is 1. The van der Waals surface area contributed by atoms with Gasteiger partial charge in [-0.25, -0.2) is 4.79 Å². The Labute approximate surface area is 104 Å². The molecule has 0 saturated heterocycles. The fraction of sp³-hybridized carbons (Fsp3) is 0.364. The maximum atomic E-state index is 11.2. The average molecular weight is 261 g/mol. The molecule has 5 nitrogen and oxygen atoms in total. The third kappa shape index (κ3) is 2.81. The topological polar surface area (TPSA) is 65.0 Å². The molecule has 0 heterocycles. The highest BCUT2D eigenvalue weighted by atomic mass is 35.5. The van der Waals surface area contributed by atoms with Gasteiger partial charge in [0.1, 0.15) is 0 Å². The lowest BCUT2D eigenvalue weighted by Gasteiger charge is -2.14. The van der Waals surface area contributed by atoms with Crippen LogP contribution in [-0.2, 0) is 9.53 Å². The van der Waals surface area contributed by atoms with Gasteiger partial charge in [0, 0.05) is 11.6 Å². The van der Waals surface area contributed by atoms with Crippen LogP contribution < -0.4 is 9.47 Å². The predicted molar refractivity (Wildman–Crippen MR) is 61.5 cm³/mol. The van der Waals surface area contributed by atoms with Gasteiger partial charge >= 0.3 is 5.97 Å². The van der Waals surface area contributed by atoms with Gasteiger partial charge in [0.05, 0.1) is 26.4 Å². The smallest absolute Gasteiger partial charge is 0.339 e. The monoisotopic (exact) mass is 260 g/mol. The highest BCUT2D eigenvalue weighted by molar-refractivity contribution is 6.31. The molecule has 1 rings (SSSR count). The van der Waals surface area contributed by atoms with Gasteiger partial charge in [0.2, 0.25) is 0 Å². The fourth-order valence-corrected chi connectivity index (χ4v) is 1.58. The molecule has 0 aliphatic rings. The Bertz CT molecular complexity index is 419. The van der Waals surface area contributed by atoms with Crippen LogP contribution in [0.25, 0.3) is 0 Å². The Balaban J connectivity index is 3.21. The second kappa shape index (κ2) is 5.75. The van der Waals surface area contributed by atoms with Crippen molar-refractivity contribution in [3.05, 3.63) is 22.7 Å². The quantitative estimate of drug-likeness (QED) is 0.833. The van der Waals surface area contributed by atoms with Gasteiger partial charge in [0.15, 0.2) is 17.6 Å². The summed E-state index contributed by atoms with van der Waals surface area (Å²) in [6, 6.07) is 2.89. The maximum absolute atomic E-state index is 11.2. The Kier molecular flexibility index (Phi) is 4.60. The molecule has 0 bridgehead atoms. The number of methoxy groups -OCH3 is 3. The third-order valence-electron chi connectivity index (χ3n) is 2.22. The number of benzene rings is 1. The Morgan fingerprint density at radius 1 is 1.24 bits per heavy atom. The van der Waals surface area contributed by atoms with Gasteiger partial charge < -0.3 is 19.3 Å². The van der Waals surface area contributed by atoms with E-state index in [1.54, 1.807) is 0 Å². The van der Waals surface area contributed by atoms with E-state index in [-0.39, 0.29) is 10.6 Å². The van der Waals surface area contributed by atoms with E-state index < -0.39 is 12.1 Å². The summed E-state index contributed by atoms with van der Waals surface area (Å²) in [7, 11) is 4.09. The molecule has 0 aliphatic heterocycles. The van der Waals surface area contributed by atoms with Crippen molar-refractivity contribution in [3.8, 4) is 11.5 Å². The van der Waals surface area contributed by atoms with Crippen molar-refractivity contribution in [2.75, 3.05) is 21.3 Å². The summed E-state index contributed by atoms with van der Waals surface area (Å²) in [5.74, 6) is -0.00714. The number of esters is 1. The van der Waals surface area contributed by atoms with Crippen LogP contribution in [0.15, 0.2) is 12.1 Å². The molecule has 1 N–H and O–H groups in total. The lowest BCUT2D eigenvalue weighted by atomic mass is 10.1. The van der Waals surface area contributed by atoms with E-state index >= 15 is 0 Å². The lowest BCUT2D eigenvalue weighted by Crippen LogP contribution is -2.14.